The number of carbonyl (C=O) groups is 1. The zero-order chi connectivity index (χ0) is 15.7. The highest BCUT2D eigenvalue weighted by Crippen LogP contribution is 2.47. The van der Waals surface area contributed by atoms with Crippen molar-refractivity contribution in [2.24, 2.45) is 0 Å². The van der Waals surface area contributed by atoms with E-state index in [0.29, 0.717) is 12.2 Å². The Kier molecular flexibility index (Phi) is 3.37. The Hall–Kier alpha value is -2.62. The molecular formula is C19H18N2O2. The second-order valence-electron chi connectivity index (χ2n) is 6.23. The van der Waals surface area contributed by atoms with Crippen molar-refractivity contribution in [1.82, 2.24) is 10.5 Å². The third-order valence-electron chi connectivity index (χ3n) is 4.64. The van der Waals surface area contributed by atoms with E-state index in [1.165, 1.54) is 5.56 Å². The van der Waals surface area contributed by atoms with Crippen LogP contribution in [-0.4, -0.2) is 17.6 Å². The summed E-state index contributed by atoms with van der Waals surface area (Å²) in [7, 11) is 0. The monoisotopic (exact) mass is 306 g/mol. The molecule has 23 heavy (non-hydrogen) atoms. The zero-order valence-corrected chi connectivity index (χ0v) is 12.8. The van der Waals surface area contributed by atoms with Gasteiger partial charge in [0.15, 0.2) is 5.58 Å². The molecule has 1 aliphatic rings. The summed E-state index contributed by atoms with van der Waals surface area (Å²) in [4.78, 5) is 12.3. The van der Waals surface area contributed by atoms with Crippen LogP contribution in [0.5, 0.6) is 0 Å². The van der Waals surface area contributed by atoms with E-state index in [4.69, 9.17) is 4.52 Å². The van der Waals surface area contributed by atoms with Gasteiger partial charge in [-0.15, -0.1) is 0 Å². The van der Waals surface area contributed by atoms with Crippen molar-refractivity contribution in [2.45, 2.75) is 24.7 Å². The van der Waals surface area contributed by atoms with Gasteiger partial charge in [-0.25, -0.2) is 0 Å². The van der Waals surface area contributed by atoms with Gasteiger partial charge in [-0.1, -0.05) is 47.6 Å². The molecule has 0 radical (unpaired) electrons. The average molecular weight is 306 g/mol. The third-order valence-corrected chi connectivity index (χ3v) is 4.64. The number of fused-ring (bicyclic) bond motifs is 1. The van der Waals surface area contributed by atoms with Crippen molar-refractivity contribution in [3.05, 3.63) is 65.9 Å². The van der Waals surface area contributed by atoms with E-state index in [1.54, 1.807) is 0 Å². The van der Waals surface area contributed by atoms with Crippen LogP contribution >= 0.6 is 0 Å². The fraction of sp³-hybridized carbons (Fsp3) is 0.263. The fourth-order valence-corrected chi connectivity index (χ4v) is 3.06. The van der Waals surface area contributed by atoms with E-state index in [0.717, 1.165) is 23.8 Å². The minimum absolute atomic E-state index is 0.00809. The number of amides is 1. The summed E-state index contributed by atoms with van der Waals surface area (Å²) in [6.45, 7) is 0.686. The van der Waals surface area contributed by atoms with Crippen LogP contribution < -0.4 is 5.32 Å². The van der Waals surface area contributed by atoms with Gasteiger partial charge in [-0.3, -0.25) is 4.79 Å². The molecule has 116 valence electrons. The van der Waals surface area contributed by atoms with E-state index in [-0.39, 0.29) is 17.7 Å². The van der Waals surface area contributed by atoms with Gasteiger partial charge < -0.3 is 9.84 Å². The lowest BCUT2D eigenvalue weighted by Gasteiger charge is -2.16. The molecule has 1 saturated carbocycles. The smallest absolute Gasteiger partial charge is 0.226 e. The number of nitrogens with zero attached hydrogens (tertiary/aromatic N) is 1. The number of carbonyl (C=O) groups excluding carboxylic acids is 1. The highest BCUT2D eigenvalue weighted by atomic mass is 16.5. The standard InChI is InChI=1S/C19H18N2O2/c22-18(12-16-15-8-4-5-9-17(15)23-21-16)20-13-19(10-11-19)14-6-2-1-3-7-14/h1-9H,10-13H2,(H,20,22). The molecule has 0 spiro atoms. The second-order valence-corrected chi connectivity index (χ2v) is 6.23. The molecule has 0 bridgehead atoms. The summed E-state index contributed by atoms with van der Waals surface area (Å²) >= 11 is 0. The number of benzene rings is 2. The van der Waals surface area contributed by atoms with Crippen LogP contribution in [-0.2, 0) is 16.6 Å². The molecule has 3 aromatic rings. The maximum Gasteiger partial charge on any atom is 0.226 e. The lowest BCUT2D eigenvalue weighted by atomic mass is 9.96. The van der Waals surface area contributed by atoms with E-state index >= 15 is 0 Å². The summed E-state index contributed by atoms with van der Waals surface area (Å²) in [5.74, 6) is -0.00809. The lowest BCUT2D eigenvalue weighted by Crippen LogP contribution is -2.33. The molecule has 4 nitrogen and oxygen atoms in total. The molecule has 1 aromatic heterocycles. The van der Waals surface area contributed by atoms with Crippen molar-refractivity contribution in [1.29, 1.82) is 0 Å². The molecule has 1 aliphatic carbocycles. The predicted octanol–water partition coefficient (Wildman–Crippen LogP) is 3.22. The van der Waals surface area contributed by atoms with Gasteiger partial charge in [-0.2, -0.15) is 0 Å². The maximum absolute atomic E-state index is 12.3. The average Bonchev–Trinajstić information content (AvgIpc) is 3.30. The van der Waals surface area contributed by atoms with E-state index < -0.39 is 0 Å². The molecule has 1 amide bonds. The molecular weight excluding hydrogens is 288 g/mol. The molecule has 1 fully saturated rings. The largest absolute Gasteiger partial charge is 0.356 e. The van der Waals surface area contributed by atoms with Gasteiger partial charge in [0.25, 0.3) is 0 Å². The summed E-state index contributed by atoms with van der Waals surface area (Å²) in [5, 5.41) is 7.99. The fourth-order valence-electron chi connectivity index (χ4n) is 3.06. The highest BCUT2D eigenvalue weighted by Gasteiger charge is 2.44. The number of hydrogen-bond donors (Lipinski definition) is 1. The van der Waals surface area contributed by atoms with Crippen molar-refractivity contribution >= 4 is 16.9 Å². The maximum atomic E-state index is 12.3. The number of hydrogen-bond acceptors (Lipinski definition) is 3. The lowest BCUT2D eigenvalue weighted by molar-refractivity contribution is -0.120. The van der Waals surface area contributed by atoms with Crippen LogP contribution in [0.2, 0.25) is 0 Å². The first-order valence-corrected chi connectivity index (χ1v) is 7.92. The van der Waals surface area contributed by atoms with Crippen LogP contribution in [0, 0.1) is 0 Å². The molecule has 1 heterocycles. The minimum Gasteiger partial charge on any atom is -0.356 e. The Morgan fingerprint density at radius 1 is 1.09 bits per heavy atom. The van der Waals surface area contributed by atoms with Crippen LogP contribution in [0.3, 0.4) is 0 Å². The van der Waals surface area contributed by atoms with Crippen LogP contribution in [0.4, 0.5) is 0 Å². The summed E-state index contributed by atoms with van der Waals surface area (Å²) < 4.78 is 5.25. The van der Waals surface area contributed by atoms with Crippen molar-refractivity contribution in [3.8, 4) is 0 Å². The van der Waals surface area contributed by atoms with Gasteiger partial charge in [0.2, 0.25) is 5.91 Å². The quantitative estimate of drug-likeness (QED) is 0.787. The summed E-state index contributed by atoms with van der Waals surface area (Å²) in [5.41, 5.74) is 2.86. The number of nitrogens with one attached hydrogen (secondary N) is 1. The van der Waals surface area contributed by atoms with Crippen molar-refractivity contribution < 1.29 is 9.32 Å². The molecule has 0 saturated heterocycles. The van der Waals surface area contributed by atoms with Gasteiger partial charge >= 0.3 is 0 Å². The molecule has 1 N–H and O–H groups in total. The molecule has 4 heteroatoms. The molecule has 0 unspecified atom stereocenters. The van der Waals surface area contributed by atoms with E-state index in [1.807, 2.05) is 30.3 Å². The number of aromatic nitrogens is 1. The van der Waals surface area contributed by atoms with Gasteiger partial charge in [0.05, 0.1) is 6.42 Å². The third kappa shape index (κ3) is 2.72. The van der Waals surface area contributed by atoms with Crippen LogP contribution in [0.25, 0.3) is 11.0 Å². The summed E-state index contributed by atoms with van der Waals surface area (Å²) in [6, 6.07) is 18.0. The van der Waals surface area contributed by atoms with Gasteiger partial charge in [0, 0.05) is 17.3 Å². The molecule has 2 aromatic carbocycles. The minimum atomic E-state index is -0.00809. The number of para-hydroxylation sites is 1. The first-order chi connectivity index (χ1) is 11.3. The second kappa shape index (κ2) is 5.54. The van der Waals surface area contributed by atoms with Gasteiger partial charge in [-0.05, 0) is 30.5 Å². The molecule has 0 aliphatic heterocycles. The van der Waals surface area contributed by atoms with Crippen LogP contribution in [0.15, 0.2) is 59.1 Å². The Morgan fingerprint density at radius 3 is 2.61 bits per heavy atom. The number of rotatable bonds is 5. The topological polar surface area (TPSA) is 55.1 Å². The zero-order valence-electron chi connectivity index (χ0n) is 12.8. The SMILES string of the molecule is O=C(Cc1noc2ccccc12)NCC1(c2ccccc2)CC1. The van der Waals surface area contributed by atoms with Crippen molar-refractivity contribution in [3.63, 3.8) is 0 Å². The predicted molar refractivity (Wildman–Crippen MR) is 88.1 cm³/mol. The first-order valence-electron chi connectivity index (χ1n) is 7.92. The Labute approximate surface area is 134 Å². The first kappa shape index (κ1) is 14.0. The van der Waals surface area contributed by atoms with Crippen LogP contribution in [0.1, 0.15) is 24.1 Å². The van der Waals surface area contributed by atoms with Crippen molar-refractivity contribution in [2.75, 3.05) is 6.54 Å². The Balaban J connectivity index is 1.41. The Morgan fingerprint density at radius 2 is 1.83 bits per heavy atom. The molecule has 0 atom stereocenters. The van der Waals surface area contributed by atoms with E-state index in [2.05, 4.69) is 34.7 Å². The summed E-state index contributed by atoms with van der Waals surface area (Å²) in [6.07, 6.45) is 2.51. The Bertz CT molecular complexity index is 835. The molecule has 4 rings (SSSR count). The normalized spacial score (nSPS) is 15.5. The van der Waals surface area contributed by atoms with Gasteiger partial charge in [0.1, 0.15) is 5.69 Å². The van der Waals surface area contributed by atoms with E-state index in [9.17, 15) is 4.79 Å². The highest BCUT2D eigenvalue weighted by molar-refractivity contribution is 5.86.